The molecule has 0 spiro atoms. The van der Waals surface area contributed by atoms with Crippen LogP contribution in [0.4, 0.5) is 0 Å². The Morgan fingerprint density at radius 1 is 1.14 bits per heavy atom. The molecule has 0 bridgehead atoms. The first-order chi connectivity index (χ1) is 20.6. The number of hydrazine groups is 1. The van der Waals surface area contributed by atoms with Crippen LogP contribution in [0.3, 0.4) is 0 Å². The first-order valence-electron chi connectivity index (χ1n) is 15.2. The van der Waals surface area contributed by atoms with Crippen molar-refractivity contribution >= 4 is 17.8 Å². The number of hydrogen-bond donors (Lipinski definition) is 3. The van der Waals surface area contributed by atoms with Crippen molar-refractivity contribution in [1.82, 2.24) is 14.8 Å². The molecule has 5 rings (SSSR count). The topological polar surface area (TPSA) is 142 Å². The maximum absolute atomic E-state index is 14.3. The van der Waals surface area contributed by atoms with Crippen LogP contribution in [0.25, 0.3) is 0 Å². The number of amides is 2. The summed E-state index contributed by atoms with van der Waals surface area (Å²) in [6, 6.07) is 11.0. The molecule has 0 unspecified atom stereocenters. The molecule has 0 aromatic heterocycles. The van der Waals surface area contributed by atoms with Crippen molar-refractivity contribution in [3.8, 4) is 5.75 Å². The minimum Gasteiger partial charge on any atom is -0.487 e. The van der Waals surface area contributed by atoms with Gasteiger partial charge in [0.1, 0.15) is 12.4 Å². The maximum Gasteiger partial charge on any atom is 0.307 e. The number of carbonyl (C=O) groups excluding carboxylic acids is 2. The van der Waals surface area contributed by atoms with Gasteiger partial charge in [0.05, 0.1) is 23.6 Å². The first kappa shape index (κ1) is 30.4. The molecule has 10 heteroatoms. The van der Waals surface area contributed by atoms with Crippen molar-refractivity contribution in [2.24, 2.45) is 23.4 Å². The van der Waals surface area contributed by atoms with E-state index in [0.717, 1.165) is 35.1 Å². The zero-order chi connectivity index (χ0) is 30.8. The number of carboxylic acids is 1. The summed E-state index contributed by atoms with van der Waals surface area (Å²) in [5, 5.41) is 11.5. The Morgan fingerprint density at radius 2 is 1.86 bits per heavy atom. The second-order valence-electron chi connectivity index (χ2n) is 12.3. The monoisotopic (exact) mass is 589 g/mol. The second-order valence-corrected chi connectivity index (χ2v) is 12.3. The van der Waals surface area contributed by atoms with E-state index >= 15 is 0 Å². The van der Waals surface area contributed by atoms with Crippen molar-refractivity contribution < 1.29 is 24.2 Å². The number of ether oxygens (including phenoxy) is 1. The van der Waals surface area contributed by atoms with Crippen LogP contribution in [0.2, 0.25) is 0 Å². The average molecular weight is 590 g/mol. The third-order valence-electron chi connectivity index (χ3n) is 9.14. The molecule has 3 aliphatic rings. The lowest BCUT2D eigenvalue weighted by molar-refractivity contribution is -0.153. The molecule has 2 aliphatic heterocycles. The van der Waals surface area contributed by atoms with Gasteiger partial charge in [-0.05, 0) is 68.9 Å². The Kier molecular flexibility index (Phi) is 8.96. The Bertz CT molecular complexity index is 1420. The summed E-state index contributed by atoms with van der Waals surface area (Å²) in [5.41, 5.74) is 11.3. The van der Waals surface area contributed by atoms with Gasteiger partial charge in [0.2, 0.25) is 5.91 Å². The van der Waals surface area contributed by atoms with Crippen molar-refractivity contribution in [2.75, 3.05) is 19.7 Å². The van der Waals surface area contributed by atoms with Gasteiger partial charge in [-0.3, -0.25) is 14.4 Å². The molecule has 0 saturated heterocycles. The van der Waals surface area contributed by atoms with Gasteiger partial charge < -0.3 is 30.4 Å². The molecule has 230 valence electrons. The summed E-state index contributed by atoms with van der Waals surface area (Å²) in [4.78, 5) is 43.6. The molecule has 0 radical (unpaired) electrons. The number of fused-ring (bicyclic) bond motifs is 2. The van der Waals surface area contributed by atoms with Gasteiger partial charge in [0.25, 0.3) is 5.91 Å². The molecule has 1 aliphatic carbocycles. The van der Waals surface area contributed by atoms with Crippen molar-refractivity contribution in [3.05, 3.63) is 76.1 Å². The number of carboxylic acid groups (broad SMARTS) is 1. The lowest BCUT2D eigenvalue weighted by Gasteiger charge is -2.43. The number of benzene rings is 2. The highest BCUT2D eigenvalue weighted by molar-refractivity contribution is 5.98. The van der Waals surface area contributed by atoms with Crippen LogP contribution < -0.4 is 16.3 Å². The van der Waals surface area contributed by atoms with Crippen LogP contribution in [0.5, 0.6) is 5.75 Å². The number of aryl methyl sites for hydroxylation is 1. The quantitative estimate of drug-likeness (QED) is 0.297. The third-order valence-corrected chi connectivity index (χ3v) is 9.14. The molecular weight excluding hydrogens is 546 g/mol. The molecular formula is C33H43N5O5. The highest BCUT2D eigenvalue weighted by Crippen LogP contribution is 2.42. The smallest absolute Gasteiger partial charge is 0.307 e. The number of hydrogen-bond acceptors (Lipinski definition) is 7. The number of aliphatic carboxylic acids is 1. The second kappa shape index (κ2) is 12.7. The lowest BCUT2D eigenvalue weighted by Crippen LogP contribution is -2.50. The molecule has 1 fully saturated rings. The Balaban J connectivity index is 1.52. The Labute approximate surface area is 253 Å². The SMILES string of the molecule is Cc1ccc(OC/C(N)=C/N(N)C(C)C)c2c1CCN(C(=O)[C@@H]1CCCC[C@@H]1C(=O)O)[C@@H]2CN1Cc2ccccc2C1=O. The summed E-state index contributed by atoms with van der Waals surface area (Å²) in [5.74, 6) is 4.17. The largest absolute Gasteiger partial charge is 0.487 e. The Hall–Kier alpha value is -4.05. The van der Waals surface area contributed by atoms with Crippen molar-refractivity contribution in [3.63, 3.8) is 0 Å². The summed E-state index contributed by atoms with van der Waals surface area (Å²) in [6.07, 6.45) is 4.92. The summed E-state index contributed by atoms with van der Waals surface area (Å²) < 4.78 is 6.31. The van der Waals surface area contributed by atoms with Gasteiger partial charge in [-0.1, -0.05) is 37.1 Å². The van der Waals surface area contributed by atoms with Crippen LogP contribution in [0.15, 0.2) is 48.3 Å². The maximum atomic E-state index is 14.3. The molecule has 10 nitrogen and oxygen atoms in total. The zero-order valence-electron chi connectivity index (χ0n) is 25.3. The van der Waals surface area contributed by atoms with Gasteiger partial charge in [0.15, 0.2) is 0 Å². The van der Waals surface area contributed by atoms with Gasteiger partial charge in [-0.25, -0.2) is 5.84 Å². The summed E-state index contributed by atoms with van der Waals surface area (Å²) >= 11 is 0. The van der Waals surface area contributed by atoms with Crippen molar-refractivity contribution in [1.29, 1.82) is 0 Å². The van der Waals surface area contributed by atoms with E-state index in [2.05, 4.69) is 0 Å². The van der Waals surface area contributed by atoms with Crippen LogP contribution in [0, 0.1) is 18.8 Å². The predicted molar refractivity (Wildman–Crippen MR) is 163 cm³/mol. The standard InChI is InChI=1S/C33H43N5O5/c1-20(2)38(35)17-23(34)19-43-29-13-12-21(3)24-14-15-37(32(40)26-10-6-7-11-27(26)33(41)42)28(30(24)29)18-36-16-22-8-4-5-9-25(22)31(36)39/h4-5,8-9,12-13,17,20,26-28H,6-7,10-11,14-16,18-19,34-35H2,1-3H3,(H,41,42)/b23-17-/t26-,27+,28-/m1/s1. The molecule has 3 atom stereocenters. The normalized spacial score (nSPS) is 21.9. The molecule has 2 aromatic rings. The summed E-state index contributed by atoms with van der Waals surface area (Å²) in [6.45, 7) is 7.20. The van der Waals surface area contributed by atoms with Gasteiger partial charge >= 0.3 is 5.97 Å². The van der Waals surface area contributed by atoms with E-state index in [0.29, 0.717) is 49.4 Å². The number of carbonyl (C=O) groups is 3. The fourth-order valence-electron chi connectivity index (χ4n) is 6.72. The number of rotatable bonds is 9. The predicted octanol–water partition coefficient (Wildman–Crippen LogP) is 3.73. The Morgan fingerprint density at radius 3 is 2.56 bits per heavy atom. The molecule has 1 saturated carbocycles. The third kappa shape index (κ3) is 6.20. The number of nitrogens with zero attached hydrogens (tertiary/aromatic N) is 3. The van der Waals surface area contributed by atoms with E-state index in [1.54, 1.807) is 11.1 Å². The first-order valence-corrected chi connectivity index (χ1v) is 15.2. The van der Waals surface area contributed by atoms with E-state index in [1.807, 2.05) is 62.1 Å². The summed E-state index contributed by atoms with van der Waals surface area (Å²) in [7, 11) is 0. The van der Waals surface area contributed by atoms with E-state index < -0.39 is 23.8 Å². The zero-order valence-corrected chi connectivity index (χ0v) is 25.3. The van der Waals surface area contributed by atoms with Crippen LogP contribution in [0.1, 0.15) is 78.2 Å². The van der Waals surface area contributed by atoms with E-state index in [1.165, 1.54) is 5.01 Å². The van der Waals surface area contributed by atoms with Gasteiger partial charge in [0, 0.05) is 43.0 Å². The highest BCUT2D eigenvalue weighted by Gasteiger charge is 2.43. The van der Waals surface area contributed by atoms with Crippen LogP contribution in [-0.2, 0) is 22.6 Å². The molecule has 2 heterocycles. The molecule has 2 amide bonds. The fraction of sp³-hybridized carbons (Fsp3) is 0.485. The molecule has 43 heavy (non-hydrogen) atoms. The van der Waals surface area contributed by atoms with Crippen LogP contribution >= 0.6 is 0 Å². The molecule has 5 N–H and O–H groups in total. The highest BCUT2D eigenvalue weighted by atomic mass is 16.5. The van der Waals surface area contributed by atoms with Crippen molar-refractivity contribution in [2.45, 2.75) is 71.5 Å². The average Bonchev–Trinajstić information content (AvgIpc) is 3.31. The lowest BCUT2D eigenvalue weighted by atomic mass is 9.77. The van der Waals surface area contributed by atoms with E-state index in [-0.39, 0.29) is 31.0 Å². The molecule has 2 aromatic carbocycles. The minimum atomic E-state index is -0.922. The fourth-order valence-corrected chi connectivity index (χ4v) is 6.72. The minimum absolute atomic E-state index is 0.0613. The van der Waals surface area contributed by atoms with E-state index in [9.17, 15) is 19.5 Å². The number of nitrogens with two attached hydrogens (primary N) is 2. The van der Waals surface area contributed by atoms with E-state index in [4.69, 9.17) is 16.3 Å². The van der Waals surface area contributed by atoms with Gasteiger partial charge in [-0.2, -0.15) is 0 Å². The van der Waals surface area contributed by atoms with Gasteiger partial charge in [-0.15, -0.1) is 0 Å². The van der Waals surface area contributed by atoms with Crippen LogP contribution in [-0.4, -0.2) is 63.4 Å².